The number of carbonyl (C=O) groups excluding carboxylic acids is 1. The van der Waals surface area contributed by atoms with E-state index >= 15 is 0 Å². The Labute approximate surface area is 154 Å². The lowest BCUT2D eigenvalue weighted by atomic mass is 9.73. The van der Waals surface area contributed by atoms with Crippen molar-refractivity contribution in [3.8, 4) is 10.7 Å². The van der Waals surface area contributed by atoms with Gasteiger partial charge in [-0.3, -0.25) is 9.48 Å². The quantitative estimate of drug-likeness (QED) is 0.765. The molecule has 0 saturated carbocycles. The van der Waals surface area contributed by atoms with Gasteiger partial charge in [-0.2, -0.15) is 5.10 Å². The standard InChI is InChI=1S/C19H18FN3O2S/c1-11-12(4-3-5-13(11)20)19(17(25)10-24)8-14-16(9-19)26-18(22-14)15-6-7-21-23(15)2/h3-7,24H,8-10H2,1-2H3/t19-/m1/s1. The first-order valence-corrected chi connectivity index (χ1v) is 9.14. The van der Waals surface area contributed by atoms with E-state index in [-0.39, 0.29) is 11.6 Å². The zero-order valence-corrected chi connectivity index (χ0v) is 15.3. The van der Waals surface area contributed by atoms with E-state index in [2.05, 4.69) is 5.10 Å². The number of aliphatic hydroxyl groups excluding tert-OH is 1. The van der Waals surface area contributed by atoms with Crippen LogP contribution in [0.4, 0.5) is 4.39 Å². The number of rotatable bonds is 4. The monoisotopic (exact) mass is 371 g/mol. The molecule has 2 aromatic heterocycles. The van der Waals surface area contributed by atoms with Gasteiger partial charge < -0.3 is 5.11 Å². The molecule has 1 aromatic carbocycles. The largest absolute Gasteiger partial charge is 0.389 e. The van der Waals surface area contributed by atoms with E-state index in [9.17, 15) is 14.3 Å². The normalized spacial score (nSPS) is 18.9. The number of carbonyl (C=O) groups is 1. The Bertz CT molecular complexity index is 985. The van der Waals surface area contributed by atoms with Crippen LogP contribution in [0.5, 0.6) is 0 Å². The molecule has 1 atom stereocenters. The first kappa shape index (κ1) is 17.1. The molecule has 0 aliphatic heterocycles. The van der Waals surface area contributed by atoms with E-state index in [0.717, 1.165) is 21.3 Å². The molecule has 0 bridgehead atoms. The fourth-order valence-corrected chi connectivity index (χ4v) is 5.04. The molecular formula is C19H18FN3O2S. The summed E-state index contributed by atoms with van der Waals surface area (Å²) in [7, 11) is 1.86. The molecule has 0 spiro atoms. The number of thiazole rings is 1. The number of halogens is 1. The van der Waals surface area contributed by atoms with Gasteiger partial charge in [0.25, 0.3) is 0 Å². The summed E-state index contributed by atoms with van der Waals surface area (Å²) in [5, 5.41) is 14.6. The van der Waals surface area contributed by atoms with Crippen LogP contribution in [-0.4, -0.2) is 32.3 Å². The third kappa shape index (κ3) is 2.42. The second-order valence-corrected chi connectivity index (χ2v) is 7.74. The van der Waals surface area contributed by atoms with Gasteiger partial charge in [-0.1, -0.05) is 12.1 Å². The van der Waals surface area contributed by atoms with Crippen molar-refractivity contribution in [2.45, 2.75) is 25.2 Å². The third-order valence-corrected chi connectivity index (χ3v) is 6.33. The molecule has 1 aliphatic rings. The molecule has 134 valence electrons. The van der Waals surface area contributed by atoms with E-state index in [1.807, 2.05) is 13.1 Å². The van der Waals surface area contributed by atoms with Crippen LogP contribution in [0.3, 0.4) is 0 Å². The maximum Gasteiger partial charge on any atom is 0.169 e. The van der Waals surface area contributed by atoms with Crippen molar-refractivity contribution in [1.29, 1.82) is 0 Å². The Morgan fingerprint density at radius 1 is 1.38 bits per heavy atom. The molecule has 0 fully saturated rings. The van der Waals surface area contributed by atoms with Crippen molar-refractivity contribution in [3.05, 3.63) is 58.0 Å². The van der Waals surface area contributed by atoms with Crippen molar-refractivity contribution in [2.75, 3.05) is 6.61 Å². The highest BCUT2D eigenvalue weighted by atomic mass is 32.1. The summed E-state index contributed by atoms with van der Waals surface area (Å²) in [4.78, 5) is 18.4. The first-order chi connectivity index (χ1) is 12.5. The highest BCUT2D eigenvalue weighted by Crippen LogP contribution is 2.45. The van der Waals surface area contributed by atoms with E-state index in [4.69, 9.17) is 4.98 Å². The number of hydrogen-bond donors (Lipinski definition) is 1. The van der Waals surface area contributed by atoms with Gasteiger partial charge in [0.1, 0.15) is 17.4 Å². The van der Waals surface area contributed by atoms with Gasteiger partial charge in [-0.25, -0.2) is 9.37 Å². The number of Topliss-reactive ketones (excluding diaryl/α,β-unsaturated/α-hetero) is 1. The smallest absolute Gasteiger partial charge is 0.169 e. The highest BCUT2D eigenvalue weighted by Gasteiger charge is 2.47. The molecule has 2 heterocycles. The second kappa shape index (κ2) is 6.10. The number of benzene rings is 1. The van der Waals surface area contributed by atoms with Gasteiger partial charge >= 0.3 is 0 Å². The maximum atomic E-state index is 14.1. The van der Waals surface area contributed by atoms with E-state index in [1.54, 1.807) is 29.9 Å². The molecule has 0 amide bonds. The van der Waals surface area contributed by atoms with Crippen molar-refractivity contribution in [1.82, 2.24) is 14.8 Å². The van der Waals surface area contributed by atoms with Crippen molar-refractivity contribution in [2.24, 2.45) is 7.05 Å². The van der Waals surface area contributed by atoms with Crippen molar-refractivity contribution < 1.29 is 14.3 Å². The average Bonchev–Trinajstić information content (AvgIpc) is 3.29. The van der Waals surface area contributed by atoms with Crippen LogP contribution in [0.15, 0.2) is 30.5 Å². The summed E-state index contributed by atoms with van der Waals surface area (Å²) in [6.45, 7) is 1.11. The molecule has 0 saturated heterocycles. The van der Waals surface area contributed by atoms with Crippen LogP contribution < -0.4 is 0 Å². The molecular weight excluding hydrogens is 353 g/mol. The van der Waals surface area contributed by atoms with Gasteiger partial charge in [0.15, 0.2) is 5.78 Å². The van der Waals surface area contributed by atoms with Crippen molar-refractivity contribution >= 4 is 17.1 Å². The summed E-state index contributed by atoms with van der Waals surface area (Å²) in [5.74, 6) is -0.634. The number of fused-ring (bicyclic) bond motifs is 1. The SMILES string of the molecule is Cc1c(F)cccc1[C@@]1(C(=O)CO)Cc2nc(-c3ccnn3C)sc2C1. The van der Waals surface area contributed by atoms with Crippen LogP contribution >= 0.6 is 11.3 Å². The van der Waals surface area contributed by atoms with Crippen LogP contribution in [0.1, 0.15) is 21.7 Å². The van der Waals surface area contributed by atoms with Gasteiger partial charge in [0.05, 0.1) is 16.8 Å². The lowest BCUT2D eigenvalue weighted by molar-refractivity contribution is -0.127. The summed E-state index contributed by atoms with van der Waals surface area (Å²) in [5.41, 5.74) is 1.92. The fourth-order valence-electron chi connectivity index (χ4n) is 3.79. The van der Waals surface area contributed by atoms with E-state index < -0.39 is 12.0 Å². The molecule has 5 nitrogen and oxygen atoms in total. The van der Waals surface area contributed by atoms with Crippen LogP contribution in [0, 0.1) is 12.7 Å². The highest BCUT2D eigenvalue weighted by molar-refractivity contribution is 7.15. The van der Waals surface area contributed by atoms with Gasteiger partial charge in [-0.15, -0.1) is 11.3 Å². The minimum absolute atomic E-state index is 0.293. The molecule has 26 heavy (non-hydrogen) atoms. The zero-order valence-electron chi connectivity index (χ0n) is 14.5. The Kier molecular flexibility index (Phi) is 4.00. The number of hydrogen-bond acceptors (Lipinski definition) is 5. The molecule has 1 N–H and O–H groups in total. The predicted octanol–water partition coefficient (Wildman–Crippen LogP) is 2.59. The summed E-state index contributed by atoms with van der Waals surface area (Å²) in [6.07, 6.45) is 2.53. The zero-order chi connectivity index (χ0) is 18.5. The second-order valence-electron chi connectivity index (χ2n) is 6.66. The number of ketones is 1. The summed E-state index contributed by atoms with van der Waals surface area (Å²) in [6, 6.07) is 6.69. The lowest BCUT2D eigenvalue weighted by Gasteiger charge is -2.29. The number of nitrogens with zero attached hydrogens (tertiary/aromatic N) is 3. The molecule has 0 unspecified atom stereocenters. The molecule has 3 aromatic rings. The van der Waals surface area contributed by atoms with Gasteiger partial charge in [0, 0.05) is 31.0 Å². The Hall–Kier alpha value is -2.38. The summed E-state index contributed by atoms with van der Waals surface area (Å²) >= 11 is 1.53. The van der Waals surface area contributed by atoms with Gasteiger partial charge in [0.2, 0.25) is 0 Å². The van der Waals surface area contributed by atoms with Crippen LogP contribution in [-0.2, 0) is 30.1 Å². The molecule has 1 aliphatic carbocycles. The van der Waals surface area contributed by atoms with E-state index in [1.165, 1.54) is 17.4 Å². The molecule has 7 heteroatoms. The average molecular weight is 371 g/mol. The topological polar surface area (TPSA) is 68.0 Å². The van der Waals surface area contributed by atoms with Crippen LogP contribution in [0.2, 0.25) is 0 Å². The number of aryl methyl sites for hydroxylation is 1. The van der Waals surface area contributed by atoms with Crippen molar-refractivity contribution in [3.63, 3.8) is 0 Å². The minimum Gasteiger partial charge on any atom is -0.389 e. The third-order valence-electron chi connectivity index (χ3n) is 5.21. The van der Waals surface area contributed by atoms with Gasteiger partial charge in [-0.05, 0) is 30.2 Å². The first-order valence-electron chi connectivity index (χ1n) is 8.33. The maximum absolute atomic E-state index is 14.1. The Balaban J connectivity index is 1.78. The molecule has 0 radical (unpaired) electrons. The van der Waals surface area contributed by atoms with E-state index in [0.29, 0.717) is 24.0 Å². The lowest BCUT2D eigenvalue weighted by Crippen LogP contribution is -2.40. The molecule has 4 rings (SSSR count). The fraction of sp³-hybridized carbons (Fsp3) is 0.316. The predicted molar refractivity (Wildman–Crippen MR) is 96.6 cm³/mol. The summed E-state index contributed by atoms with van der Waals surface area (Å²) < 4.78 is 15.9. The minimum atomic E-state index is -0.944. The number of aliphatic hydroxyl groups is 1. The Morgan fingerprint density at radius 3 is 2.85 bits per heavy atom. The Morgan fingerprint density at radius 2 is 2.19 bits per heavy atom. The number of aromatic nitrogens is 3. The van der Waals surface area contributed by atoms with Crippen LogP contribution in [0.25, 0.3) is 10.7 Å².